The van der Waals surface area contributed by atoms with E-state index in [-0.39, 0.29) is 22.8 Å². The summed E-state index contributed by atoms with van der Waals surface area (Å²) in [6.07, 6.45) is 1.08. The molecule has 2 rings (SSSR count). The molecule has 1 aliphatic rings. The third kappa shape index (κ3) is 3.73. The van der Waals surface area contributed by atoms with Crippen molar-refractivity contribution < 1.29 is 4.39 Å². The Labute approximate surface area is 129 Å². The minimum absolute atomic E-state index is 0. The second kappa shape index (κ2) is 6.59. The molecule has 1 unspecified atom stereocenters. The summed E-state index contributed by atoms with van der Waals surface area (Å²) in [6.45, 7) is 5.48. The van der Waals surface area contributed by atoms with Crippen LogP contribution in [0.4, 0.5) is 4.39 Å². The lowest BCUT2D eigenvalue weighted by molar-refractivity contribution is 0.274. The van der Waals surface area contributed by atoms with E-state index in [9.17, 15) is 4.39 Å². The highest BCUT2D eigenvalue weighted by Gasteiger charge is 2.32. The molecule has 0 bridgehead atoms. The summed E-state index contributed by atoms with van der Waals surface area (Å²) in [6, 6.07) is 3.06. The summed E-state index contributed by atoms with van der Waals surface area (Å²) >= 11 is 11.9. The molecule has 19 heavy (non-hydrogen) atoms. The zero-order valence-electron chi connectivity index (χ0n) is 10.8. The van der Waals surface area contributed by atoms with Crippen LogP contribution in [0.15, 0.2) is 12.1 Å². The van der Waals surface area contributed by atoms with Gasteiger partial charge in [0.2, 0.25) is 0 Å². The van der Waals surface area contributed by atoms with Gasteiger partial charge in [0.15, 0.2) is 0 Å². The van der Waals surface area contributed by atoms with Gasteiger partial charge in [0.05, 0.1) is 10.0 Å². The first-order valence-corrected chi connectivity index (χ1v) is 6.75. The smallest absolute Gasteiger partial charge is 0.143 e. The van der Waals surface area contributed by atoms with Crippen LogP contribution in [0.5, 0.6) is 0 Å². The average Bonchev–Trinajstić information content (AvgIpc) is 2.73. The Kier molecular flexibility index (Phi) is 5.90. The predicted octanol–water partition coefficient (Wildman–Crippen LogP) is 3.73. The quantitative estimate of drug-likeness (QED) is 0.857. The van der Waals surface area contributed by atoms with E-state index in [0.717, 1.165) is 25.1 Å². The number of hydrogen-bond donors (Lipinski definition) is 1. The van der Waals surface area contributed by atoms with Crippen LogP contribution < -0.4 is 5.73 Å². The van der Waals surface area contributed by atoms with Crippen molar-refractivity contribution >= 4 is 35.6 Å². The topological polar surface area (TPSA) is 29.3 Å². The van der Waals surface area contributed by atoms with E-state index in [1.54, 1.807) is 6.07 Å². The van der Waals surface area contributed by atoms with Crippen molar-refractivity contribution in [1.82, 2.24) is 4.90 Å². The van der Waals surface area contributed by atoms with Crippen molar-refractivity contribution in [2.24, 2.45) is 11.1 Å². The van der Waals surface area contributed by atoms with Crippen LogP contribution in [0.3, 0.4) is 0 Å². The summed E-state index contributed by atoms with van der Waals surface area (Å²) in [5.74, 6) is -0.473. The molecular weight excluding hydrogens is 310 g/mol. The zero-order valence-corrected chi connectivity index (χ0v) is 13.1. The summed E-state index contributed by atoms with van der Waals surface area (Å²) in [4.78, 5) is 2.28. The van der Waals surface area contributed by atoms with E-state index in [2.05, 4.69) is 11.8 Å². The van der Waals surface area contributed by atoms with Gasteiger partial charge in [0.25, 0.3) is 0 Å². The molecule has 1 aliphatic heterocycles. The molecule has 6 heteroatoms. The minimum atomic E-state index is -0.473. The standard InChI is InChI=1S/C13H17Cl2FN2.ClH/c1-13(7-17)4-5-18(8-13)6-9-2-3-10(16)12(15)11(9)14;/h2-3H,4-8,17H2,1H3;1H. The predicted molar refractivity (Wildman–Crippen MR) is 80.7 cm³/mol. The number of nitrogens with zero attached hydrogens (tertiary/aromatic N) is 1. The normalized spacial score (nSPS) is 23.4. The number of halogens is 4. The maximum atomic E-state index is 13.2. The average molecular weight is 328 g/mol. The fourth-order valence-corrected chi connectivity index (χ4v) is 2.75. The monoisotopic (exact) mass is 326 g/mol. The molecule has 108 valence electrons. The lowest BCUT2D eigenvalue weighted by Gasteiger charge is -2.23. The van der Waals surface area contributed by atoms with Gasteiger partial charge in [0, 0.05) is 13.1 Å². The highest BCUT2D eigenvalue weighted by atomic mass is 35.5. The Bertz CT molecular complexity index is 456. The molecule has 0 spiro atoms. The van der Waals surface area contributed by atoms with Crippen LogP contribution in [0.1, 0.15) is 18.9 Å². The summed E-state index contributed by atoms with van der Waals surface area (Å²) in [5, 5.41) is 0.327. The van der Waals surface area contributed by atoms with Gasteiger partial charge in [-0.2, -0.15) is 0 Å². The second-order valence-electron chi connectivity index (χ2n) is 5.31. The van der Waals surface area contributed by atoms with Gasteiger partial charge in [-0.1, -0.05) is 36.2 Å². The summed E-state index contributed by atoms with van der Waals surface area (Å²) in [5.41, 5.74) is 6.82. The zero-order chi connectivity index (χ0) is 13.3. The molecule has 0 saturated carbocycles. The number of rotatable bonds is 3. The van der Waals surface area contributed by atoms with Crippen LogP contribution in [0, 0.1) is 11.2 Å². The van der Waals surface area contributed by atoms with Crippen LogP contribution in [0.25, 0.3) is 0 Å². The number of benzene rings is 1. The molecule has 0 aromatic heterocycles. The Hall–Kier alpha value is -0.0600. The van der Waals surface area contributed by atoms with Crippen LogP contribution in [0.2, 0.25) is 10.0 Å². The minimum Gasteiger partial charge on any atom is -0.330 e. The highest BCUT2D eigenvalue weighted by molar-refractivity contribution is 6.42. The van der Waals surface area contributed by atoms with E-state index in [1.165, 1.54) is 6.07 Å². The highest BCUT2D eigenvalue weighted by Crippen LogP contribution is 2.33. The Balaban J connectivity index is 0.00000180. The molecule has 2 nitrogen and oxygen atoms in total. The molecule has 0 radical (unpaired) electrons. The van der Waals surface area contributed by atoms with Gasteiger partial charge in [-0.15, -0.1) is 12.4 Å². The van der Waals surface area contributed by atoms with E-state index >= 15 is 0 Å². The molecule has 1 atom stereocenters. The van der Waals surface area contributed by atoms with Crippen molar-refractivity contribution in [2.75, 3.05) is 19.6 Å². The van der Waals surface area contributed by atoms with Gasteiger partial charge in [-0.25, -0.2) is 4.39 Å². The maximum absolute atomic E-state index is 13.2. The van der Waals surface area contributed by atoms with Crippen molar-refractivity contribution in [3.63, 3.8) is 0 Å². The van der Waals surface area contributed by atoms with Crippen molar-refractivity contribution in [3.8, 4) is 0 Å². The molecule has 0 aliphatic carbocycles. The molecule has 1 fully saturated rings. The van der Waals surface area contributed by atoms with Crippen LogP contribution in [-0.2, 0) is 6.54 Å². The number of hydrogen-bond acceptors (Lipinski definition) is 2. The lowest BCUT2D eigenvalue weighted by Crippen LogP contribution is -2.31. The Morgan fingerprint density at radius 2 is 2.05 bits per heavy atom. The summed E-state index contributed by atoms with van der Waals surface area (Å²) < 4.78 is 13.2. The van der Waals surface area contributed by atoms with Crippen molar-refractivity contribution in [1.29, 1.82) is 0 Å². The Morgan fingerprint density at radius 3 is 2.63 bits per heavy atom. The first kappa shape index (κ1) is 17.0. The molecule has 0 amide bonds. The SMILES string of the molecule is CC1(CN)CCN(Cc2ccc(F)c(Cl)c2Cl)C1.Cl. The molecule has 1 aromatic carbocycles. The second-order valence-corrected chi connectivity index (χ2v) is 6.07. The lowest BCUT2D eigenvalue weighted by atomic mass is 9.90. The van der Waals surface area contributed by atoms with E-state index in [4.69, 9.17) is 28.9 Å². The third-order valence-corrected chi connectivity index (χ3v) is 4.54. The first-order chi connectivity index (χ1) is 8.45. The van der Waals surface area contributed by atoms with E-state index < -0.39 is 5.82 Å². The van der Waals surface area contributed by atoms with Gasteiger partial charge >= 0.3 is 0 Å². The maximum Gasteiger partial charge on any atom is 0.143 e. The molecule has 2 N–H and O–H groups in total. The van der Waals surface area contributed by atoms with Crippen molar-refractivity contribution in [3.05, 3.63) is 33.6 Å². The molecule has 1 heterocycles. The van der Waals surface area contributed by atoms with Crippen LogP contribution in [-0.4, -0.2) is 24.5 Å². The van der Waals surface area contributed by atoms with E-state index in [1.807, 2.05) is 0 Å². The van der Waals surface area contributed by atoms with Gasteiger partial charge in [-0.3, -0.25) is 4.90 Å². The largest absolute Gasteiger partial charge is 0.330 e. The fraction of sp³-hybridized carbons (Fsp3) is 0.538. The van der Waals surface area contributed by atoms with Gasteiger partial charge in [0.1, 0.15) is 5.82 Å². The third-order valence-electron chi connectivity index (χ3n) is 3.64. The Morgan fingerprint density at radius 1 is 1.37 bits per heavy atom. The first-order valence-electron chi connectivity index (χ1n) is 6.00. The van der Waals surface area contributed by atoms with Crippen LogP contribution >= 0.6 is 35.6 Å². The van der Waals surface area contributed by atoms with Gasteiger partial charge in [-0.05, 0) is 36.6 Å². The molecule has 1 aromatic rings. The number of likely N-dealkylation sites (tertiary alicyclic amines) is 1. The van der Waals surface area contributed by atoms with Crippen molar-refractivity contribution in [2.45, 2.75) is 19.9 Å². The number of nitrogens with two attached hydrogens (primary N) is 1. The fourth-order valence-electron chi connectivity index (χ4n) is 2.36. The van der Waals surface area contributed by atoms with Gasteiger partial charge < -0.3 is 5.73 Å². The summed E-state index contributed by atoms with van der Waals surface area (Å²) in [7, 11) is 0. The molecule has 1 saturated heterocycles. The van der Waals surface area contributed by atoms with E-state index in [0.29, 0.717) is 18.1 Å². The molecular formula is C13H18Cl3FN2.